The molecule has 1 aliphatic rings. The maximum absolute atomic E-state index is 7.07. The lowest BCUT2D eigenvalue weighted by atomic mass is 9.70. The summed E-state index contributed by atoms with van der Waals surface area (Å²) in [4.78, 5) is 2.40. The van der Waals surface area contributed by atoms with Gasteiger partial charge in [0.15, 0.2) is 0 Å². The summed E-state index contributed by atoms with van der Waals surface area (Å²) in [7, 11) is 0. The quantitative estimate of drug-likeness (QED) is 0.152. The van der Waals surface area contributed by atoms with E-state index in [1.165, 1.54) is 66.1 Å². The number of benzene rings is 11. The first kappa shape index (κ1) is 39.9. The number of fused-ring (bicyclic) bond motifs is 9. The zero-order valence-electron chi connectivity index (χ0n) is 38.2. The lowest BCUT2D eigenvalue weighted by molar-refractivity contribution is 0.502. The summed E-state index contributed by atoms with van der Waals surface area (Å²) in [5.74, 6) is 0.957. The third kappa shape index (κ3) is 6.08. The van der Waals surface area contributed by atoms with Crippen LogP contribution in [0.15, 0.2) is 271 Å². The molecule has 3 nitrogen and oxygen atoms in total. The zero-order valence-corrected chi connectivity index (χ0v) is 38.2. The molecule has 0 bridgehead atoms. The minimum Gasteiger partial charge on any atom is -0.459 e. The van der Waals surface area contributed by atoms with Gasteiger partial charge in [-0.2, -0.15) is 0 Å². The van der Waals surface area contributed by atoms with Crippen LogP contribution in [0.2, 0.25) is 0 Å². The van der Waals surface area contributed by atoms with Crippen molar-refractivity contribution in [3.05, 3.63) is 289 Å². The second kappa shape index (κ2) is 16.0. The topological polar surface area (TPSA) is 21.3 Å². The number of hydrogen-bond donors (Lipinski definition) is 0. The first-order valence-electron chi connectivity index (χ1n) is 24.1. The Bertz CT molecular complexity index is 4050. The van der Waals surface area contributed by atoms with Gasteiger partial charge in [-0.1, -0.05) is 200 Å². The SMILES string of the molecule is c1ccc(-c2ccc(N(c3ccc(-c4ccc5c(c4)c4ccccc4n5-c4cccc5ccccc45)cc3)c3ccc4c(c3)C(c3ccccc3)(c3ccccc3)c3oc5ccccc5c3-4)cc2)cc1. The highest BCUT2D eigenvalue weighted by atomic mass is 16.3. The first-order chi connectivity index (χ1) is 34.7. The lowest BCUT2D eigenvalue weighted by Crippen LogP contribution is -2.28. The van der Waals surface area contributed by atoms with Crippen LogP contribution in [0.1, 0.15) is 22.5 Å². The van der Waals surface area contributed by atoms with Crippen LogP contribution in [0.5, 0.6) is 0 Å². The van der Waals surface area contributed by atoms with Gasteiger partial charge < -0.3 is 13.9 Å². The lowest BCUT2D eigenvalue weighted by Gasteiger charge is -2.33. The van der Waals surface area contributed by atoms with E-state index in [1.54, 1.807) is 0 Å². The number of nitrogens with zero attached hydrogens (tertiary/aromatic N) is 2. The van der Waals surface area contributed by atoms with Gasteiger partial charge in [-0.15, -0.1) is 0 Å². The van der Waals surface area contributed by atoms with Gasteiger partial charge in [0.05, 0.1) is 16.7 Å². The third-order valence-electron chi connectivity index (χ3n) is 14.7. The van der Waals surface area contributed by atoms with E-state index >= 15 is 0 Å². The van der Waals surface area contributed by atoms with Crippen LogP contribution in [0.25, 0.3) is 82.6 Å². The van der Waals surface area contributed by atoms with Crippen LogP contribution < -0.4 is 4.90 Å². The molecule has 13 aromatic rings. The van der Waals surface area contributed by atoms with Gasteiger partial charge >= 0.3 is 0 Å². The number of furan rings is 1. The fourth-order valence-electron chi connectivity index (χ4n) is 11.5. The Morgan fingerprint density at radius 3 is 1.60 bits per heavy atom. The summed E-state index contributed by atoms with van der Waals surface area (Å²) in [5, 5.41) is 6.06. The van der Waals surface area contributed by atoms with Crippen LogP contribution in [0.4, 0.5) is 17.1 Å². The van der Waals surface area contributed by atoms with E-state index in [4.69, 9.17) is 4.42 Å². The van der Waals surface area contributed by atoms with Crippen molar-refractivity contribution in [2.24, 2.45) is 0 Å². The molecule has 0 fully saturated rings. The van der Waals surface area contributed by atoms with Gasteiger partial charge in [-0.3, -0.25) is 0 Å². The molecule has 2 heterocycles. The molecular formula is C67H44N2O. The number of aromatic nitrogens is 1. The maximum Gasteiger partial charge on any atom is 0.135 e. The number of anilines is 3. The van der Waals surface area contributed by atoms with Gasteiger partial charge in [-0.05, 0) is 117 Å². The van der Waals surface area contributed by atoms with Crippen molar-refractivity contribution < 1.29 is 4.42 Å². The highest BCUT2D eigenvalue weighted by Gasteiger charge is 2.50. The van der Waals surface area contributed by atoms with Crippen LogP contribution in [0.3, 0.4) is 0 Å². The molecule has 14 rings (SSSR count). The summed E-state index contributed by atoms with van der Waals surface area (Å²) in [6.45, 7) is 0. The molecule has 0 unspecified atom stereocenters. The summed E-state index contributed by atoms with van der Waals surface area (Å²) >= 11 is 0. The van der Waals surface area contributed by atoms with Crippen molar-refractivity contribution in [1.29, 1.82) is 0 Å². The Kier molecular flexibility index (Phi) is 9.11. The molecule has 70 heavy (non-hydrogen) atoms. The summed E-state index contributed by atoms with van der Waals surface area (Å²) < 4.78 is 9.50. The van der Waals surface area contributed by atoms with Crippen molar-refractivity contribution in [2.45, 2.75) is 5.41 Å². The van der Waals surface area contributed by atoms with Crippen LogP contribution >= 0.6 is 0 Å². The van der Waals surface area contributed by atoms with E-state index < -0.39 is 5.41 Å². The Morgan fingerprint density at radius 1 is 0.357 bits per heavy atom. The molecule has 0 spiro atoms. The predicted molar refractivity (Wildman–Crippen MR) is 291 cm³/mol. The molecule has 0 amide bonds. The Hall–Kier alpha value is -9.18. The van der Waals surface area contributed by atoms with E-state index in [0.29, 0.717) is 0 Å². The van der Waals surface area contributed by atoms with Gasteiger partial charge in [0, 0.05) is 44.2 Å². The minimum absolute atomic E-state index is 0.704. The largest absolute Gasteiger partial charge is 0.459 e. The number of para-hydroxylation sites is 2. The predicted octanol–water partition coefficient (Wildman–Crippen LogP) is 17.8. The van der Waals surface area contributed by atoms with Crippen molar-refractivity contribution in [3.8, 4) is 39.1 Å². The Labute approximate surface area is 406 Å². The molecular weight excluding hydrogens is 849 g/mol. The van der Waals surface area contributed by atoms with Gasteiger partial charge in [0.1, 0.15) is 16.8 Å². The standard InChI is InChI=1S/C67H44N2O/c1-4-17-45(18-5-1)46-31-36-52(37-32-46)68(54-40-41-57-60(44-54)67(50-21-6-2-7-22-50,51-23-8-3-9-24-51)66-65(57)58-27-13-15-30-64(58)70-66)53-38-33-47(34-39-53)49-35-42-63-59(43-49)56-26-12-14-28-62(56)69(63)61-29-16-20-48-19-10-11-25-55(48)61/h1-44H. The van der Waals surface area contributed by atoms with Crippen LogP contribution in [-0.2, 0) is 5.41 Å². The van der Waals surface area contributed by atoms with E-state index in [-0.39, 0.29) is 0 Å². The van der Waals surface area contributed by atoms with E-state index in [9.17, 15) is 0 Å². The fourth-order valence-corrected chi connectivity index (χ4v) is 11.5. The van der Waals surface area contributed by atoms with E-state index in [0.717, 1.165) is 56.0 Å². The van der Waals surface area contributed by atoms with Crippen molar-refractivity contribution >= 4 is 60.6 Å². The molecule has 1 aliphatic carbocycles. The highest BCUT2D eigenvalue weighted by molar-refractivity contribution is 6.12. The molecule has 0 radical (unpaired) electrons. The second-order valence-electron chi connectivity index (χ2n) is 18.4. The molecule has 0 saturated heterocycles. The second-order valence-corrected chi connectivity index (χ2v) is 18.4. The van der Waals surface area contributed by atoms with Crippen molar-refractivity contribution in [1.82, 2.24) is 4.57 Å². The molecule has 0 aliphatic heterocycles. The zero-order chi connectivity index (χ0) is 46.2. The summed E-state index contributed by atoms with van der Waals surface area (Å²) in [5.41, 5.74) is 17.5. The fraction of sp³-hybridized carbons (Fsp3) is 0.0149. The van der Waals surface area contributed by atoms with Gasteiger partial charge in [0.2, 0.25) is 0 Å². The van der Waals surface area contributed by atoms with Gasteiger partial charge in [-0.25, -0.2) is 0 Å². The smallest absolute Gasteiger partial charge is 0.135 e. The molecule has 0 N–H and O–H groups in total. The van der Waals surface area contributed by atoms with Crippen LogP contribution in [0, 0.1) is 0 Å². The molecule has 2 aromatic heterocycles. The maximum atomic E-state index is 7.07. The summed E-state index contributed by atoms with van der Waals surface area (Å²) in [6.07, 6.45) is 0. The Balaban J connectivity index is 0.933. The van der Waals surface area contributed by atoms with Crippen molar-refractivity contribution in [2.75, 3.05) is 4.90 Å². The molecule has 0 saturated carbocycles. The Morgan fingerprint density at radius 2 is 0.886 bits per heavy atom. The highest BCUT2D eigenvalue weighted by Crippen LogP contribution is 2.60. The monoisotopic (exact) mass is 892 g/mol. The summed E-state index contributed by atoms with van der Waals surface area (Å²) in [6, 6.07) is 97.0. The molecule has 11 aromatic carbocycles. The average Bonchev–Trinajstić information content (AvgIpc) is 4.08. The van der Waals surface area contributed by atoms with Crippen LogP contribution in [-0.4, -0.2) is 4.57 Å². The molecule has 0 atom stereocenters. The van der Waals surface area contributed by atoms with Gasteiger partial charge in [0.25, 0.3) is 0 Å². The number of rotatable bonds is 8. The van der Waals surface area contributed by atoms with E-state index in [1.807, 2.05) is 0 Å². The number of hydrogen-bond acceptors (Lipinski definition) is 2. The third-order valence-corrected chi connectivity index (χ3v) is 14.7. The van der Waals surface area contributed by atoms with E-state index in [2.05, 4.69) is 276 Å². The minimum atomic E-state index is -0.704. The van der Waals surface area contributed by atoms with Crippen molar-refractivity contribution in [3.63, 3.8) is 0 Å². The molecule has 3 heteroatoms. The normalized spacial score (nSPS) is 12.7. The molecule has 328 valence electrons. The average molecular weight is 893 g/mol. The first-order valence-corrected chi connectivity index (χ1v) is 24.1.